The van der Waals surface area contributed by atoms with E-state index in [0.717, 1.165) is 28.6 Å². The molecule has 78 valence electrons. The Hall–Kier alpha value is -1.61. The molecule has 0 radical (unpaired) electrons. The Morgan fingerprint density at radius 2 is 2.20 bits per heavy atom. The van der Waals surface area contributed by atoms with Gasteiger partial charge in [0, 0.05) is 18.0 Å². The average molecular weight is 202 g/mol. The predicted molar refractivity (Wildman–Crippen MR) is 62.1 cm³/mol. The molecule has 3 nitrogen and oxygen atoms in total. The van der Waals surface area contributed by atoms with Crippen molar-refractivity contribution in [2.24, 2.45) is 0 Å². The minimum absolute atomic E-state index is 0.0384. The van der Waals surface area contributed by atoms with Gasteiger partial charge in [-0.25, -0.2) is 0 Å². The molecule has 0 aliphatic rings. The number of benzene rings is 1. The van der Waals surface area contributed by atoms with Crippen LogP contribution in [0.25, 0.3) is 10.9 Å². The largest absolute Gasteiger partial charge is 0.322 e. The van der Waals surface area contributed by atoms with Crippen molar-refractivity contribution in [2.45, 2.75) is 13.5 Å². The minimum Gasteiger partial charge on any atom is -0.322 e. The molecule has 1 aromatic heterocycles. The van der Waals surface area contributed by atoms with Gasteiger partial charge in [-0.15, -0.1) is 0 Å². The molecule has 0 atom stereocenters. The molecule has 0 unspecified atom stereocenters. The average Bonchev–Trinajstić information content (AvgIpc) is 2.19. The number of aromatic nitrogens is 1. The monoisotopic (exact) mass is 202 g/mol. The van der Waals surface area contributed by atoms with Gasteiger partial charge >= 0.3 is 0 Å². The van der Waals surface area contributed by atoms with Crippen LogP contribution in [0, 0.1) is 6.92 Å². The second-order valence-electron chi connectivity index (χ2n) is 3.69. The molecule has 0 amide bonds. The molecular formula is C12H14N2O. The third kappa shape index (κ3) is 1.78. The molecule has 0 bridgehead atoms. The molecule has 2 rings (SSSR count). The highest BCUT2D eigenvalue weighted by atomic mass is 16.1. The van der Waals surface area contributed by atoms with Crippen molar-refractivity contribution in [3.63, 3.8) is 0 Å². The Morgan fingerprint density at radius 1 is 1.40 bits per heavy atom. The molecule has 1 heterocycles. The smallest absolute Gasteiger partial charge is 0.248 e. The zero-order valence-corrected chi connectivity index (χ0v) is 8.92. The van der Waals surface area contributed by atoms with E-state index < -0.39 is 0 Å². The van der Waals surface area contributed by atoms with Gasteiger partial charge in [0.05, 0.1) is 5.52 Å². The van der Waals surface area contributed by atoms with Crippen molar-refractivity contribution in [1.82, 2.24) is 10.3 Å². The first-order valence-electron chi connectivity index (χ1n) is 4.98. The van der Waals surface area contributed by atoms with E-state index in [9.17, 15) is 4.79 Å². The number of aromatic amines is 1. The normalized spacial score (nSPS) is 10.8. The van der Waals surface area contributed by atoms with Gasteiger partial charge in [0.2, 0.25) is 5.56 Å². The number of H-pyrrole nitrogens is 1. The van der Waals surface area contributed by atoms with E-state index in [2.05, 4.69) is 10.3 Å². The quantitative estimate of drug-likeness (QED) is 0.776. The van der Waals surface area contributed by atoms with Crippen LogP contribution in [-0.4, -0.2) is 12.0 Å². The number of rotatable bonds is 2. The maximum Gasteiger partial charge on any atom is 0.248 e. The van der Waals surface area contributed by atoms with E-state index in [-0.39, 0.29) is 5.56 Å². The van der Waals surface area contributed by atoms with Gasteiger partial charge in [0.1, 0.15) is 0 Å². The summed E-state index contributed by atoms with van der Waals surface area (Å²) in [5, 5.41) is 4.21. The van der Waals surface area contributed by atoms with Crippen molar-refractivity contribution >= 4 is 10.9 Å². The van der Waals surface area contributed by atoms with Crippen molar-refractivity contribution in [3.8, 4) is 0 Å². The lowest BCUT2D eigenvalue weighted by Gasteiger charge is -2.07. The summed E-state index contributed by atoms with van der Waals surface area (Å²) in [4.78, 5) is 14.3. The second-order valence-corrected chi connectivity index (χ2v) is 3.69. The zero-order valence-electron chi connectivity index (χ0n) is 8.92. The summed E-state index contributed by atoms with van der Waals surface area (Å²) >= 11 is 0. The summed E-state index contributed by atoms with van der Waals surface area (Å²) in [5.74, 6) is 0. The van der Waals surface area contributed by atoms with Gasteiger partial charge < -0.3 is 10.3 Å². The van der Waals surface area contributed by atoms with Crippen molar-refractivity contribution in [3.05, 3.63) is 45.7 Å². The van der Waals surface area contributed by atoms with Crippen LogP contribution in [-0.2, 0) is 6.54 Å². The first-order valence-corrected chi connectivity index (χ1v) is 4.98. The van der Waals surface area contributed by atoms with E-state index in [4.69, 9.17) is 0 Å². The summed E-state index contributed by atoms with van der Waals surface area (Å²) in [5.41, 5.74) is 3.04. The van der Waals surface area contributed by atoms with E-state index in [0.29, 0.717) is 0 Å². The highest BCUT2D eigenvalue weighted by Crippen LogP contribution is 2.17. The highest BCUT2D eigenvalue weighted by molar-refractivity contribution is 5.84. The molecule has 15 heavy (non-hydrogen) atoms. The van der Waals surface area contributed by atoms with Crippen molar-refractivity contribution in [1.29, 1.82) is 0 Å². The van der Waals surface area contributed by atoms with Crippen LogP contribution in [0.5, 0.6) is 0 Å². The van der Waals surface area contributed by atoms with Gasteiger partial charge in [-0.05, 0) is 25.1 Å². The summed E-state index contributed by atoms with van der Waals surface area (Å²) in [7, 11) is 1.90. The number of nitrogens with one attached hydrogen (secondary N) is 2. The van der Waals surface area contributed by atoms with Gasteiger partial charge in [0.25, 0.3) is 0 Å². The van der Waals surface area contributed by atoms with E-state index in [1.807, 2.05) is 32.2 Å². The highest BCUT2D eigenvalue weighted by Gasteiger charge is 2.03. The lowest BCUT2D eigenvalue weighted by Crippen LogP contribution is -2.10. The standard InChI is InChI=1S/C12H14N2O/c1-8-6-11(15)14-12-9(7-13-2)4-3-5-10(8)12/h3-6,13H,7H2,1-2H3,(H,14,15). The summed E-state index contributed by atoms with van der Waals surface area (Å²) in [6.07, 6.45) is 0. The van der Waals surface area contributed by atoms with Crippen LogP contribution in [0.15, 0.2) is 29.1 Å². The summed E-state index contributed by atoms with van der Waals surface area (Å²) in [6.45, 7) is 2.72. The molecule has 0 fully saturated rings. The lowest BCUT2D eigenvalue weighted by molar-refractivity contribution is 0.821. The number of fused-ring (bicyclic) bond motifs is 1. The van der Waals surface area contributed by atoms with Gasteiger partial charge in [0.15, 0.2) is 0 Å². The number of para-hydroxylation sites is 1. The van der Waals surface area contributed by atoms with E-state index in [1.165, 1.54) is 0 Å². The number of hydrogen-bond donors (Lipinski definition) is 2. The van der Waals surface area contributed by atoms with Crippen molar-refractivity contribution in [2.75, 3.05) is 7.05 Å². The molecule has 3 heteroatoms. The molecule has 2 N–H and O–H groups in total. The Bertz CT molecular complexity index is 543. The molecule has 0 spiro atoms. The van der Waals surface area contributed by atoms with Crippen LogP contribution < -0.4 is 10.9 Å². The topological polar surface area (TPSA) is 44.9 Å². The predicted octanol–water partition coefficient (Wildman–Crippen LogP) is 1.56. The fourth-order valence-corrected chi connectivity index (χ4v) is 1.85. The molecule has 2 aromatic rings. The number of aryl methyl sites for hydroxylation is 1. The lowest BCUT2D eigenvalue weighted by atomic mass is 10.1. The van der Waals surface area contributed by atoms with E-state index in [1.54, 1.807) is 6.07 Å². The molecule has 0 aliphatic heterocycles. The first kappa shape index (κ1) is 9.93. The molecule has 0 aliphatic carbocycles. The maximum atomic E-state index is 11.4. The van der Waals surface area contributed by atoms with Crippen LogP contribution in [0.2, 0.25) is 0 Å². The zero-order chi connectivity index (χ0) is 10.8. The van der Waals surface area contributed by atoms with Crippen LogP contribution >= 0.6 is 0 Å². The molecule has 0 saturated heterocycles. The van der Waals surface area contributed by atoms with Crippen LogP contribution in [0.4, 0.5) is 0 Å². The van der Waals surface area contributed by atoms with Gasteiger partial charge in [-0.2, -0.15) is 0 Å². The summed E-state index contributed by atoms with van der Waals surface area (Å²) < 4.78 is 0. The fourth-order valence-electron chi connectivity index (χ4n) is 1.85. The maximum absolute atomic E-state index is 11.4. The fraction of sp³-hybridized carbons (Fsp3) is 0.250. The summed E-state index contributed by atoms with van der Waals surface area (Å²) in [6, 6.07) is 7.69. The third-order valence-electron chi connectivity index (χ3n) is 2.54. The van der Waals surface area contributed by atoms with Crippen LogP contribution in [0.3, 0.4) is 0 Å². The molecule has 0 saturated carbocycles. The first-order chi connectivity index (χ1) is 7.22. The van der Waals surface area contributed by atoms with Gasteiger partial charge in [-0.1, -0.05) is 18.2 Å². The Balaban J connectivity index is 2.78. The van der Waals surface area contributed by atoms with E-state index >= 15 is 0 Å². The van der Waals surface area contributed by atoms with Crippen LogP contribution in [0.1, 0.15) is 11.1 Å². The second kappa shape index (κ2) is 3.87. The third-order valence-corrected chi connectivity index (χ3v) is 2.54. The Morgan fingerprint density at radius 3 is 2.93 bits per heavy atom. The number of pyridine rings is 1. The molecule has 1 aromatic carbocycles. The SMILES string of the molecule is CNCc1cccc2c(C)cc(=O)[nH]c12. The Kier molecular flexibility index (Phi) is 2.56. The van der Waals surface area contributed by atoms with Gasteiger partial charge in [-0.3, -0.25) is 4.79 Å². The number of hydrogen-bond acceptors (Lipinski definition) is 2. The minimum atomic E-state index is -0.0384. The van der Waals surface area contributed by atoms with Crippen molar-refractivity contribution < 1.29 is 0 Å². The Labute approximate surface area is 88.1 Å². The molecular weight excluding hydrogens is 188 g/mol.